The van der Waals surface area contributed by atoms with Gasteiger partial charge < -0.3 is 0 Å². The monoisotopic (exact) mass is 326 g/mol. The molecule has 0 radical (unpaired) electrons. The van der Waals surface area contributed by atoms with Gasteiger partial charge in [0.05, 0.1) is 0 Å². The van der Waals surface area contributed by atoms with Crippen molar-refractivity contribution < 1.29 is 14.4 Å². The molecule has 1 aliphatic heterocycles. The highest BCUT2D eigenvalue weighted by Crippen LogP contribution is 2.29. The first-order valence-corrected chi connectivity index (χ1v) is 8.15. The quantitative estimate of drug-likeness (QED) is 0.862. The Labute approximate surface area is 132 Å². The molecule has 1 aromatic carbocycles. The smallest absolute Gasteiger partial charge is 0.277 e. The van der Waals surface area contributed by atoms with Crippen LogP contribution in [0.2, 0.25) is 5.02 Å². The molecule has 0 bridgehead atoms. The number of barbiturate groups is 1. The van der Waals surface area contributed by atoms with Crippen molar-refractivity contribution in [3.8, 4) is 0 Å². The Kier molecular flexibility index (Phi) is 4.90. The van der Waals surface area contributed by atoms with Crippen LogP contribution in [-0.4, -0.2) is 40.8 Å². The number of carbonyl (C=O) groups excluding carboxylic acids is 3. The maximum absolute atomic E-state index is 12.6. The van der Waals surface area contributed by atoms with Crippen LogP contribution in [-0.2, 0) is 9.59 Å². The standard InChI is InChI=1S/C14H15ClN2O3S/c1-8(7-21-2)17-13(19)11(12(18)16-14(17)20)9-5-3-4-6-10(9)15/h3-6,8,11H,7H2,1-2H3,(H,16,18,20). The molecule has 1 fully saturated rings. The summed E-state index contributed by atoms with van der Waals surface area (Å²) in [6.07, 6.45) is 1.89. The molecule has 1 heterocycles. The first kappa shape index (κ1) is 15.9. The Morgan fingerprint density at radius 2 is 2.00 bits per heavy atom. The number of benzene rings is 1. The van der Waals surface area contributed by atoms with Crippen LogP contribution < -0.4 is 5.32 Å². The first-order chi connectivity index (χ1) is 9.97. The number of hydrogen-bond acceptors (Lipinski definition) is 4. The summed E-state index contributed by atoms with van der Waals surface area (Å²) >= 11 is 7.60. The summed E-state index contributed by atoms with van der Waals surface area (Å²) in [5, 5.41) is 2.57. The van der Waals surface area contributed by atoms with Crippen molar-refractivity contribution >= 4 is 41.2 Å². The number of amides is 4. The zero-order valence-corrected chi connectivity index (χ0v) is 13.2. The van der Waals surface area contributed by atoms with E-state index in [0.29, 0.717) is 16.3 Å². The number of urea groups is 1. The van der Waals surface area contributed by atoms with Crippen molar-refractivity contribution in [2.24, 2.45) is 0 Å². The number of hydrogen-bond donors (Lipinski definition) is 1. The SMILES string of the molecule is CSCC(C)N1C(=O)NC(=O)C(c2ccccc2Cl)C1=O. The Morgan fingerprint density at radius 3 is 2.62 bits per heavy atom. The van der Waals surface area contributed by atoms with Crippen molar-refractivity contribution in [3.63, 3.8) is 0 Å². The Bertz CT molecular complexity index is 593. The molecule has 7 heteroatoms. The molecule has 2 rings (SSSR count). The van der Waals surface area contributed by atoms with Gasteiger partial charge in [0.1, 0.15) is 5.92 Å². The highest BCUT2D eigenvalue weighted by molar-refractivity contribution is 7.98. The van der Waals surface area contributed by atoms with Gasteiger partial charge in [-0.25, -0.2) is 4.79 Å². The Morgan fingerprint density at radius 1 is 1.33 bits per heavy atom. The summed E-state index contributed by atoms with van der Waals surface area (Å²) in [5.74, 6) is -1.65. The molecule has 1 aliphatic rings. The van der Waals surface area contributed by atoms with Crippen LogP contribution in [0.3, 0.4) is 0 Å². The maximum Gasteiger partial charge on any atom is 0.331 e. The first-order valence-electron chi connectivity index (χ1n) is 6.38. The molecule has 0 spiro atoms. The molecule has 4 amide bonds. The number of halogens is 1. The zero-order chi connectivity index (χ0) is 15.6. The van der Waals surface area contributed by atoms with E-state index in [0.717, 1.165) is 4.90 Å². The third-order valence-electron chi connectivity index (χ3n) is 3.26. The number of nitrogens with one attached hydrogen (secondary N) is 1. The van der Waals surface area contributed by atoms with Gasteiger partial charge in [-0.3, -0.25) is 19.8 Å². The van der Waals surface area contributed by atoms with Crippen molar-refractivity contribution in [2.45, 2.75) is 18.9 Å². The molecule has 1 saturated heterocycles. The summed E-state index contributed by atoms with van der Waals surface area (Å²) < 4.78 is 0. The fourth-order valence-corrected chi connectivity index (χ4v) is 3.18. The zero-order valence-electron chi connectivity index (χ0n) is 11.6. The second-order valence-electron chi connectivity index (χ2n) is 4.76. The molecule has 21 heavy (non-hydrogen) atoms. The normalized spacial score (nSPS) is 20.4. The second kappa shape index (κ2) is 6.49. The maximum atomic E-state index is 12.6. The topological polar surface area (TPSA) is 66.5 Å². The highest BCUT2D eigenvalue weighted by Gasteiger charge is 2.43. The fourth-order valence-electron chi connectivity index (χ4n) is 2.31. The van der Waals surface area contributed by atoms with Gasteiger partial charge in [-0.1, -0.05) is 29.8 Å². The molecule has 0 aliphatic carbocycles. The van der Waals surface area contributed by atoms with E-state index >= 15 is 0 Å². The molecule has 112 valence electrons. The fraction of sp³-hybridized carbons (Fsp3) is 0.357. The summed E-state index contributed by atoms with van der Waals surface area (Å²) in [5.41, 5.74) is 0.413. The molecule has 1 N–H and O–H groups in total. The lowest BCUT2D eigenvalue weighted by atomic mass is 9.94. The van der Waals surface area contributed by atoms with E-state index in [-0.39, 0.29) is 6.04 Å². The van der Waals surface area contributed by atoms with E-state index < -0.39 is 23.8 Å². The molecule has 0 saturated carbocycles. The Balaban J connectivity index is 2.38. The summed E-state index contributed by atoms with van der Waals surface area (Å²) in [6.45, 7) is 1.77. The van der Waals surface area contributed by atoms with E-state index in [1.54, 1.807) is 31.2 Å². The van der Waals surface area contributed by atoms with Gasteiger partial charge in [-0.05, 0) is 24.8 Å². The van der Waals surface area contributed by atoms with Gasteiger partial charge in [-0.2, -0.15) is 11.8 Å². The van der Waals surface area contributed by atoms with Crippen LogP contribution >= 0.6 is 23.4 Å². The van der Waals surface area contributed by atoms with Gasteiger partial charge in [0.2, 0.25) is 11.8 Å². The number of thioether (sulfide) groups is 1. The van der Waals surface area contributed by atoms with Gasteiger partial charge in [0, 0.05) is 16.8 Å². The average Bonchev–Trinajstić information content (AvgIpc) is 2.40. The molecule has 2 atom stereocenters. The van der Waals surface area contributed by atoms with Crippen LogP contribution in [0.15, 0.2) is 24.3 Å². The molecule has 5 nitrogen and oxygen atoms in total. The highest BCUT2D eigenvalue weighted by atomic mass is 35.5. The van der Waals surface area contributed by atoms with E-state index in [9.17, 15) is 14.4 Å². The van der Waals surface area contributed by atoms with Gasteiger partial charge >= 0.3 is 6.03 Å². The van der Waals surface area contributed by atoms with Crippen LogP contribution in [0.4, 0.5) is 4.79 Å². The Hall–Kier alpha value is -1.53. The van der Waals surface area contributed by atoms with Gasteiger partial charge in [0.25, 0.3) is 0 Å². The number of nitrogens with zero attached hydrogens (tertiary/aromatic N) is 1. The van der Waals surface area contributed by atoms with E-state index in [4.69, 9.17) is 11.6 Å². The molecular weight excluding hydrogens is 312 g/mol. The number of rotatable bonds is 4. The minimum Gasteiger partial charge on any atom is -0.277 e. The molecular formula is C14H15ClN2O3S. The van der Waals surface area contributed by atoms with Crippen molar-refractivity contribution in [2.75, 3.05) is 12.0 Å². The summed E-state index contributed by atoms with van der Waals surface area (Å²) in [4.78, 5) is 37.7. The lowest BCUT2D eigenvalue weighted by Crippen LogP contribution is -2.59. The van der Waals surface area contributed by atoms with Crippen LogP contribution in [0.25, 0.3) is 0 Å². The van der Waals surface area contributed by atoms with Crippen LogP contribution in [0, 0.1) is 0 Å². The predicted octanol–water partition coefficient (Wildman–Crippen LogP) is 2.25. The average molecular weight is 327 g/mol. The molecule has 2 unspecified atom stereocenters. The number of carbonyl (C=O) groups is 3. The minimum atomic E-state index is -1.08. The summed E-state index contributed by atoms with van der Waals surface area (Å²) in [7, 11) is 0. The predicted molar refractivity (Wildman–Crippen MR) is 82.4 cm³/mol. The minimum absolute atomic E-state index is 0.300. The lowest BCUT2D eigenvalue weighted by Gasteiger charge is -2.34. The van der Waals surface area contributed by atoms with Crippen molar-refractivity contribution in [3.05, 3.63) is 34.9 Å². The largest absolute Gasteiger partial charge is 0.331 e. The van der Waals surface area contributed by atoms with Crippen molar-refractivity contribution in [1.82, 2.24) is 10.2 Å². The van der Waals surface area contributed by atoms with E-state index in [1.807, 2.05) is 6.26 Å². The van der Waals surface area contributed by atoms with Gasteiger partial charge in [0.15, 0.2) is 0 Å². The molecule has 0 aromatic heterocycles. The van der Waals surface area contributed by atoms with Crippen LogP contribution in [0.5, 0.6) is 0 Å². The summed E-state index contributed by atoms with van der Waals surface area (Å²) in [6, 6.07) is 5.69. The third kappa shape index (κ3) is 3.06. The molecule has 1 aromatic rings. The van der Waals surface area contributed by atoms with E-state index in [2.05, 4.69) is 5.32 Å². The van der Waals surface area contributed by atoms with E-state index in [1.165, 1.54) is 11.8 Å². The van der Waals surface area contributed by atoms with Crippen molar-refractivity contribution in [1.29, 1.82) is 0 Å². The number of imide groups is 2. The second-order valence-corrected chi connectivity index (χ2v) is 6.08. The lowest BCUT2D eigenvalue weighted by molar-refractivity contribution is -0.139. The third-order valence-corrected chi connectivity index (χ3v) is 4.42. The van der Waals surface area contributed by atoms with Crippen LogP contribution in [0.1, 0.15) is 18.4 Å². The van der Waals surface area contributed by atoms with Gasteiger partial charge in [-0.15, -0.1) is 0 Å².